The van der Waals surface area contributed by atoms with Crippen LogP contribution in [0.3, 0.4) is 0 Å². The molecule has 18 heavy (non-hydrogen) atoms. The second-order valence-electron chi connectivity index (χ2n) is 5.27. The van der Waals surface area contributed by atoms with Crippen molar-refractivity contribution in [2.45, 2.75) is 38.0 Å². The largest absolute Gasteiger partial charge is 0.284 e. The van der Waals surface area contributed by atoms with Crippen LogP contribution in [0.4, 0.5) is 0 Å². The predicted molar refractivity (Wildman–Crippen MR) is 69.5 cm³/mol. The van der Waals surface area contributed by atoms with Crippen molar-refractivity contribution >= 4 is 10.0 Å². The van der Waals surface area contributed by atoms with Crippen LogP contribution >= 0.6 is 0 Å². The summed E-state index contributed by atoms with van der Waals surface area (Å²) in [6.07, 6.45) is 5.84. The minimum absolute atomic E-state index is 0.269. The minimum atomic E-state index is -3.35. The molecule has 0 amide bonds. The predicted octanol–water partition coefficient (Wildman–Crippen LogP) is 1.86. The zero-order valence-electron chi connectivity index (χ0n) is 11.0. The number of aromatic amines is 1. The van der Waals surface area contributed by atoms with E-state index in [1.807, 2.05) is 0 Å². The fourth-order valence-electron chi connectivity index (χ4n) is 2.53. The SMILES string of the molecule is CC(C)C1CCCN(S(=O)(=O)c2cn[nH]c2)CC1. The highest BCUT2D eigenvalue weighted by atomic mass is 32.2. The molecule has 1 aliphatic rings. The molecule has 5 nitrogen and oxygen atoms in total. The van der Waals surface area contributed by atoms with Crippen LogP contribution in [0.2, 0.25) is 0 Å². The number of H-pyrrole nitrogens is 1. The third-order valence-electron chi connectivity index (χ3n) is 3.79. The Morgan fingerprint density at radius 1 is 1.39 bits per heavy atom. The van der Waals surface area contributed by atoms with E-state index in [-0.39, 0.29) is 4.90 Å². The zero-order valence-corrected chi connectivity index (χ0v) is 11.8. The second kappa shape index (κ2) is 5.40. The van der Waals surface area contributed by atoms with E-state index in [1.54, 1.807) is 4.31 Å². The van der Waals surface area contributed by atoms with E-state index in [0.717, 1.165) is 19.3 Å². The summed E-state index contributed by atoms with van der Waals surface area (Å²) in [6.45, 7) is 5.67. The molecule has 2 rings (SSSR count). The van der Waals surface area contributed by atoms with E-state index in [1.165, 1.54) is 12.4 Å². The van der Waals surface area contributed by atoms with Crippen LogP contribution in [0.25, 0.3) is 0 Å². The van der Waals surface area contributed by atoms with Crippen molar-refractivity contribution in [1.29, 1.82) is 0 Å². The van der Waals surface area contributed by atoms with E-state index in [2.05, 4.69) is 24.0 Å². The molecule has 1 aromatic rings. The van der Waals surface area contributed by atoms with Crippen molar-refractivity contribution in [2.24, 2.45) is 11.8 Å². The molecule has 2 heterocycles. The summed E-state index contributed by atoms with van der Waals surface area (Å²) in [4.78, 5) is 0.269. The quantitative estimate of drug-likeness (QED) is 0.912. The Balaban J connectivity index is 2.11. The normalized spacial score (nSPS) is 23.2. The van der Waals surface area contributed by atoms with Gasteiger partial charge in [-0.3, -0.25) is 5.10 Å². The standard InChI is InChI=1S/C12H21N3O2S/c1-10(2)11-4-3-6-15(7-5-11)18(16,17)12-8-13-14-9-12/h8-11H,3-7H2,1-2H3,(H,13,14). The molecule has 102 valence electrons. The third kappa shape index (κ3) is 2.75. The van der Waals surface area contributed by atoms with Gasteiger partial charge in [-0.1, -0.05) is 13.8 Å². The summed E-state index contributed by atoms with van der Waals surface area (Å²) in [6, 6.07) is 0. The maximum Gasteiger partial charge on any atom is 0.246 e. The summed E-state index contributed by atoms with van der Waals surface area (Å²) < 4.78 is 26.3. The van der Waals surface area contributed by atoms with Crippen molar-refractivity contribution in [3.05, 3.63) is 12.4 Å². The van der Waals surface area contributed by atoms with Gasteiger partial charge in [0.25, 0.3) is 0 Å². The van der Waals surface area contributed by atoms with Gasteiger partial charge in [-0.2, -0.15) is 9.40 Å². The number of nitrogens with one attached hydrogen (secondary N) is 1. The summed E-state index contributed by atoms with van der Waals surface area (Å²) in [5.41, 5.74) is 0. The molecule has 1 fully saturated rings. The fraction of sp³-hybridized carbons (Fsp3) is 0.750. The van der Waals surface area contributed by atoms with Crippen LogP contribution in [0.5, 0.6) is 0 Å². The van der Waals surface area contributed by atoms with Gasteiger partial charge >= 0.3 is 0 Å². The lowest BCUT2D eigenvalue weighted by molar-refractivity contribution is 0.341. The van der Waals surface area contributed by atoms with Crippen LogP contribution < -0.4 is 0 Å². The van der Waals surface area contributed by atoms with E-state index in [4.69, 9.17) is 0 Å². The van der Waals surface area contributed by atoms with Crippen LogP contribution in [0.1, 0.15) is 33.1 Å². The van der Waals surface area contributed by atoms with Gasteiger partial charge < -0.3 is 0 Å². The van der Waals surface area contributed by atoms with E-state index < -0.39 is 10.0 Å². The van der Waals surface area contributed by atoms with Crippen LogP contribution in [-0.4, -0.2) is 36.0 Å². The van der Waals surface area contributed by atoms with Crippen LogP contribution in [0.15, 0.2) is 17.3 Å². The number of hydrogen-bond acceptors (Lipinski definition) is 3. The van der Waals surface area contributed by atoms with Gasteiger partial charge in [-0.25, -0.2) is 8.42 Å². The molecule has 0 radical (unpaired) electrons. The molecular formula is C12H21N3O2S. The molecule has 1 aromatic heterocycles. The molecule has 1 atom stereocenters. The van der Waals surface area contributed by atoms with Gasteiger partial charge in [0.2, 0.25) is 10.0 Å². The molecule has 0 aliphatic carbocycles. The van der Waals surface area contributed by atoms with Gasteiger partial charge in [-0.05, 0) is 31.1 Å². The molecular weight excluding hydrogens is 250 g/mol. The Hall–Kier alpha value is -0.880. The van der Waals surface area contributed by atoms with E-state index in [9.17, 15) is 8.42 Å². The molecule has 0 saturated carbocycles. The lowest BCUT2D eigenvalue weighted by atomic mass is 9.89. The number of aromatic nitrogens is 2. The Labute approximate surface area is 109 Å². The van der Waals surface area contributed by atoms with Crippen molar-refractivity contribution in [3.8, 4) is 0 Å². The van der Waals surface area contributed by atoms with Gasteiger partial charge in [0, 0.05) is 19.3 Å². The van der Waals surface area contributed by atoms with Gasteiger partial charge in [-0.15, -0.1) is 0 Å². The van der Waals surface area contributed by atoms with Gasteiger partial charge in [0.15, 0.2) is 0 Å². The molecule has 1 N–H and O–H groups in total. The Bertz CT molecular complexity index is 468. The Morgan fingerprint density at radius 3 is 2.78 bits per heavy atom. The average molecular weight is 271 g/mol. The summed E-state index contributed by atoms with van der Waals surface area (Å²) in [5.74, 6) is 1.26. The number of nitrogens with zero attached hydrogens (tertiary/aromatic N) is 2. The first-order valence-electron chi connectivity index (χ1n) is 6.50. The minimum Gasteiger partial charge on any atom is -0.284 e. The van der Waals surface area contributed by atoms with E-state index >= 15 is 0 Å². The molecule has 1 aliphatic heterocycles. The number of sulfonamides is 1. The van der Waals surface area contributed by atoms with Crippen molar-refractivity contribution in [1.82, 2.24) is 14.5 Å². The third-order valence-corrected chi connectivity index (χ3v) is 5.65. The molecule has 0 spiro atoms. The summed E-state index contributed by atoms with van der Waals surface area (Å²) in [7, 11) is -3.35. The maximum absolute atomic E-state index is 12.3. The smallest absolute Gasteiger partial charge is 0.246 e. The Kier molecular flexibility index (Phi) is 4.07. The van der Waals surface area contributed by atoms with Crippen molar-refractivity contribution < 1.29 is 8.42 Å². The molecule has 1 saturated heterocycles. The van der Waals surface area contributed by atoms with E-state index in [0.29, 0.717) is 24.9 Å². The molecule has 6 heteroatoms. The summed E-state index contributed by atoms with van der Waals surface area (Å²) in [5, 5.41) is 6.28. The van der Waals surface area contributed by atoms with Gasteiger partial charge in [0.05, 0.1) is 6.20 Å². The topological polar surface area (TPSA) is 66.1 Å². The average Bonchev–Trinajstić information content (AvgIpc) is 2.73. The fourth-order valence-corrected chi connectivity index (χ4v) is 3.93. The monoisotopic (exact) mass is 271 g/mol. The number of hydrogen-bond donors (Lipinski definition) is 1. The molecule has 0 aromatic carbocycles. The lowest BCUT2D eigenvalue weighted by Gasteiger charge is -2.20. The highest BCUT2D eigenvalue weighted by molar-refractivity contribution is 7.89. The molecule has 1 unspecified atom stereocenters. The first-order valence-corrected chi connectivity index (χ1v) is 7.94. The maximum atomic E-state index is 12.3. The highest BCUT2D eigenvalue weighted by Gasteiger charge is 2.28. The van der Waals surface area contributed by atoms with Crippen LogP contribution in [-0.2, 0) is 10.0 Å². The van der Waals surface area contributed by atoms with Crippen molar-refractivity contribution in [2.75, 3.05) is 13.1 Å². The lowest BCUT2D eigenvalue weighted by Crippen LogP contribution is -2.32. The van der Waals surface area contributed by atoms with Gasteiger partial charge in [0.1, 0.15) is 4.90 Å². The highest BCUT2D eigenvalue weighted by Crippen LogP contribution is 2.27. The second-order valence-corrected chi connectivity index (χ2v) is 7.21. The first kappa shape index (κ1) is 13.5. The summed E-state index contributed by atoms with van der Waals surface area (Å²) >= 11 is 0. The zero-order chi connectivity index (χ0) is 13.2. The van der Waals surface area contributed by atoms with Crippen LogP contribution in [0, 0.1) is 11.8 Å². The first-order chi connectivity index (χ1) is 8.51. The molecule has 0 bridgehead atoms. The Morgan fingerprint density at radius 2 is 2.17 bits per heavy atom. The van der Waals surface area contributed by atoms with Crippen molar-refractivity contribution in [3.63, 3.8) is 0 Å². The number of rotatable bonds is 3.